The number of carboxylic acids is 2. The molecule has 1 atom stereocenters. The lowest BCUT2D eigenvalue weighted by Crippen LogP contribution is -2.28. The third-order valence-corrected chi connectivity index (χ3v) is 9.37. The highest BCUT2D eigenvalue weighted by molar-refractivity contribution is 6.32. The van der Waals surface area contributed by atoms with Crippen molar-refractivity contribution in [2.45, 2.75) is 65.5 Å². The van der Waals surface area contributed by atoms with Crippen molar-refractivity contribution in [3.63, 3.8) is 0 Å². The highest BCUT2D eigenvalue weighted by Gasteiger charge is 2.17. The van der Waals surface area contributed by atoms with E-state index in [-0.39, 0.29) is 32.6 Å². The van der Waals surface area contributed by atoms with Gasteiger partial charge in [0.2, 0.25) is 0 Å². The van der Waals surface area contributed by atoms with E-state index in [1.807, 2.05) is 24.3 Å². The topological polar surface area (TPSA) is 156 Å². The molecule has 53 heavy (non-hydrogen) atoms. The molecule has 0 aliphatic carbocycles. The number of carboxylic acid groups (broad SMARTS) is 2. The summed E-state index contributed by atoms with van der Waals surface area (Å²) in [5.41, 5.74) is 7.78. The Morgan fingerprint density at radius 2 is 1.19 bits per heavy atom. The lowest BCUT2D eigenvalue weighted by Gasteiger charge is -2.18. The van der Waals surface area contributed by atoms with Gasteiger partial charge in [-0.15, -0.1) is 0 Å². The molecule has 4 aromatic carbocycles. The molecule has 0 aliphatic rings. The molecule has 284 valence electrons. The number of methoxy groups -OCH3 is 2. The number of hydrogen-bond acceptors (Lipinski definition) is 9. The monoisotopic (exact) mass is 768 g/mol. The van der Waals surface area contributed by atoms with Gasteiger partial charge in [0.1, 0.15) is 36.2 Å². The van der Waals surface area contributed by atoms with Gasteiger partial charge >= 0.3 is 11.9 Å². The first-order valence-corrected chi connectivity index (χ1v) is 17.9. The lowest BCUT2D eigenvalue weighted by atomic mass is 9.92. The van der Waals surface area contributed by atoms with E-state index in [1.54, 1.807) is 38.5 Å². The van der Waals surface area contributed by atoms with Crippen LogP contribution in [0, 0.1) is 13.8 Å². The maximum Gasteiger partial charge on any atom is 0.306 e. The van der Waals surface area contributed by atoms with Gasteiger partial charge in [-0.1, -0.05) is 59.6 Å². The second kappa shape index (κ2) is 20.1. The summed E-state index contributed by atoms with van der Waals surface area (Å²) in [6.45, 7) is 6.11. The Hall–Kier alpha value is -4.52. The lowest BCUT2D eigenvalue weighted by molar-refractivity contribution is -0.139. The minimum absolute atomic E-state index is 0.104. The molecule has 0 unspecified atom stereocenters. The van der Waals surface area contributed by atoms with Gasteiger partial charge in [-0.2, -0.15) is 0 Å². The van der Waals surface area contributed by atoms with E-state index < -0.39 is 18.0 Å². The first-order valence-electron chi connectivity index (χ1n) is 17.1. The molecule has 11 nitrogen and oxygen atoms in total. The molecule has 0 saturated carbocycles. The fourth-order valence-electron chi connectivity index (χ4n) is 5.84. The molecular weight excluding hydrogens is 723 g/mol. The van der Waals surface area contributed by atoms with E-state index in [2.05, 4.69) is 36.6 Å². The van der Waals surface area contributed by atoms with E-state index in [0.717, 1.165) is 44.5 Å². The molecular formula is C40H46Cl2N2O9. The van der Waals surface area contributed by atoms with Crippen LogP contribution in [0.3, 0.4) is 0 Å². The van der Waals surface area contributed by atoms with Crippen molar-refractivity contribution in [3.05, 3.63) is 104 Å². The van der Waals surface area contributed by atoms with Crippen LogP contribution in [0.1, 0.15) is 52.6 Å². The van der Waals surface area contributed by atoms with Crippen LogP contribution in [0.2, 0.25) is 10.0 Å². The minimum atomic E-state index is -1.07. The summed E-state index contributed by atoms with van der Waals surface area (Å²) in [7, 11) is 3.13. The van der Waals surface area contributed by atoms with Crippen molar-refractivity contribution in [3.8, 4) is 34.1 Å². The predicted octanol–water partition coefficient (Wildman–Crippen LogP) is 7.33. The summed E-state index contributed by atoms with van der Waals surface area (Å²) in [5.74, 6) is 0.219. The van der Waals surface area contributed by atoms with Gasteiger partial charge in [0.15, 0.2) is 0 Å². The Morgan fingerprint density at radius 1 is 0.698 bits per heavy atom. The van der Waals surface area contributed by atoms with Crippen LogP contribution >= 0.6 is 23.2 Å². The number of rotatable bonds is 21. The second-order valence-corrected chi connectivity index (χ2v) is 13.3. The molecule has 0 fully saturated rings. The predicted molar refractivity (Wildman–Crippen MR) is 205 cm³/mol. The highest BCUT2D eigenvalue weighted by atomic mass is 35.5. The number of aliphatic hydroxyl groups is 1. The average molecular weight is 770 g/mol. The van der Waals surface area contributed by atoms with Crippen molar-refractivity contribution >= 4 is 35.1 Å². The fraction of sp³-hybridized carbons (Fsp3) is 0.350. The highest BCUT2D eigenvalue weighted by Crippen LogP contribution is 2.36. The molecule has 0 amide bonds. The third-order valence-electron chi connectivity index (χ3n) is 8.78. The molecule has 0 aromatic heterocycles. The number of carbonyl (C=O) groups is 2. The number of aliphatic carboxylic acids is 2. The molecule has 0 bridgehead atoms. The van der Waals surface area contributed by atoms with Gasteiger partial charge in [-0.25, -0.2) is 0 Å². The Bertz CT molecular complexity index is 1890. The van der Waals surface area contributed by atoms with Crippen LogP contribution in [0.4, 0.5) is 0 Å². The van der Waals surface area contributed by atoms with Crippen LogP contribution in [-0.2, 0) is 35.9 Å². The van der Waals surface area contributed by atoms with Crippen molar-refractivity contribution in [2.75, 3.05) is 27.3 Å². The Kier molecular flexibility index (Phi) is 15.6. The van der Waals surface area contributed by atoms with Gasteiger partial charge in [-0.05, 0) is 72.3 Å². The van der Waals surface area contributed by atoms with E-state index in [1.165, 1.54) is 0 Å². The van der Waals surface area contributed by atoms with Gasteiger partial charge in [-0.3, -0.25) is 9.59 Å². The molecule has 4 aromatic rings. The van der Waals surface area contributed by atoms with Crippen LogP contribution in [0.25, 0.3) is 11.1 Å². The van der Waals surface area contributed by atoms with Crippen LogP contribution in [-0.4, -0.2) is 60.7 Å². The standard InChI is InChI=1S/C40H46Cl2N2O9/c1-24-26(22-52-37-17-35(50-3)28(14-33(37)41)19-43-13-7-12-39(46)47)8-5-10-31(24)32-11-6-9-27(25(32)2)23-53-38-18-36(51-4)29(15-34(38)42)20-44-21-30(45)16-40(48)49/h5-6,8-11,14-15,17-18,30,43-45H,7,12-13,16,19-23H2,1-4H3,(H,46,47)(H,48,49)/t30-/m0/s1. The number of nitrogens with one attached hydrogen (secondary N) is 2. The second-order valence-electron chi connectivity index (χ2n) is 12.5. The van der Waals surface area contributed by atoms with Crippen LogP contribution < -0.4 is 29.6 Å². The van der Waals surface area contributed by atoms with Gasteiger partial charge < -0.3 is 44.9 Å². The van der Waals surface area contributed by atoms with E-state index in [9.17, 15) is 14.7 Å². The number of benzene rings is 4. The van der Waals surface area contributed by atoms with E-state index in [0.29, 0.717) is 59.1 Å². The quantitative estimate of drug-likeness (QED) is 0.0541. The summed E-state index contributed by atoms with van der Waals surface area (Å²) in [6.07, 6.45) is -0.733. The summed E-state index contributed by atoms with van der Waals surface area (Å²) >= 11 is 13.2. The summed E-state index contributed by atoms with van der Waals surface area (Å²) in [4.78, 5) is 21.6. The molecule has 0 aliphatic heterocycles. The van der Waals surface area contributed by atoms with Crippen molar-refractivity contribution in [1.82, 2.24) is 10.6 Å². The Morgan fingerprint density at radius 3 is 1.64 bits per heavy atom. The van der Waals surface area contributed by atoms with E-state index >= 15 is 0 Å². The summed E-state index contributed by atoms with van der Waals surface area (Å²) in [5, 5.41) is 34.6. The first kappa shape index (κ1) is 41.2. The van der Waals surface area contributed by atoms with Crippen LogP contribution in [0.5, 0.6) is 23.0 Å². The smallest absolute Gasteiger partial charge is 0.306 e. The number of halogens is 2. The van der Waals surface area contributed by atoms with Crippen molar-refractivity contribution < 1.29 is 43.9 Å². The maximum atomic E-state index is 10.8. The number of hydrogen-bond donors (Lipinski definition) is 5. The molecule has 0 radical (unpaired) electrons. The Labute approximate surface area is 319 Å². The third kappa shape index (κ3) is 11.7. The molecule has 0 heterocycles. The molecule has 4 rings (SSSR count). The van der Waals surface area contributed by atoms with Gasteiger partial charge in [0, 0.05) is 49.3 Å². The molecule has 5 N–H and O–H groups in total. The normalized spacial score (nSPS) is 11.6. The summed E-state index contributed by atoms with van der Waals surface area (Å²) in [6, 6.07) is 19.2. The molecule has 13 heteroatoms. The number of ether oxygens (including phenoxy) is 4. The largest absolute Gasteiger partial charge is 0.496 e. The Balaban J connectivity index is 1.43. The zero-order chi connectivity index (χ0) is 38.5. The van der Waals surface area contributed by atoms with Gasteiger partial charge in [0.25, 0.3) is 0 Å². The molecule has 0 spiro atoms. The van der Waals surface area contributed by atoms with Gasteiger partial charge in [0.05, 0.1) is 36.8 Å². The zero-order valence-corrected chi connectivity index (χ0v) is 31.8. The summed E-state index contributed by atoms with van der Waals surface area (Å²) < 4.78 is 23.6. The van der Waals surface area contributed by atoms with Crippen molar-refractivity contribution in [2.24, 2.45) is 0 Å². The fourth-order valence-corrected chi connectivity index (χ4v) is 6.32. The average Bonchev–Trinajstić information content (AvgIpc) is 3.11. The number of aliphatic hydroxyl groups excluding tert-OH is 1. The minimum Gasteiger partial charge on any atom is -0.496 e. The zero-order valence-electron chi connectivity index (χ0n) is 30.3. The SMILES string of the molecule is COc1cc(OCc2cccc(-c3cccc(COc4cc(OC)c(CNC[C@@H](O)CC(=O)O)cc4Cl)c3C)c2C)c(Cl)cc1CNCCCC(=O)O. The first-order chi connectivity index (χ1) is 25.4. The molecule has 0 saturated heterocycles. The maximum absolute atomic E-state index is 10.8. The van der Waals surface area contributed by atoms with Crippen molar-refractivity contribution in [1.29, 1.82) is 0 Å². The van der Waals surface area contributed by atoms with Crippen LogP contribution in [0.15, 0.2) is 60.7 Å². The van der Waals surface area contributed by atoms with E-state index in [4.69, 9.17) is 52.4 Å².